The highest BCUT2D eigenvalue weighted by molar-refractivity contribution is 7.89. The minimum absolute atomic E-state index is 0.243. The molecule has 1 aromatic rings. The van der Waals surface area contributed by atoms with Crippen molar-refractivity contribution in [1.82, 2.24) is 4.31 Å². The normalized spacial score (nSPS) is 19.4. The smallest absolute Gasteiger partial charge is 0.214 e. The van der Waals surface area contributed by atoms with Gasteiger partial charge in [0, 0.05) is 25.3 Å². The Morgan fingerprint density at radius 3 is 2.88 bits per heavy atom. The van der Waals surface area contributed by atoms with Crippen LogP contribution < -0.4 is 5.32 Å². The lowest BCUT2D eigenvalue weighted by atomic mass is 10.3. The van der Waals surface area contributed by atoms with E-state index in [1.807, 2.05) is 0 Å². The third-order valence-electron chi connectivity index (χ3n) is 2.72. The number of halogens is 1. The van der Waals surface area contributed by atoms with E-state index in [1.165, 1.54) is 16.4 Å². The topological polar surface area (TPSA) is 49.4 Å². The van der Waals surface area contributed by atoms with Gasteiger partial charge < -0.3 is 5.32 Å². The molecule has 4 nitrogen and oxygen atoms in total. The Hall–Kier alpha value is -1.14. The zero-order valence-corrected chi connectivity index (χ0v) is 10.2. The molecule has 1 N–H and O–H groups in total. The van der Waals surface area contributed by atoms with Gasteiger partial charge in [0.2, 0.25) is 10.0 Å². The molecule has 1 fully saturated rings. The van der Waals surface area contributed by atoms with Crippen LogP contribution in [0.15, 0.2) is 24.3 Å². The molecule has 1 saturated heterocycles. The first-order chi connectivity index (χ1) is 8.08. The van der Waals surface area contributed by atoms with Crippen LogP contribution in [0.2, 0.25) is 0 Å². The molecule has 17 heavy (non-hydrogen) atoms. The fourth-order valence-corrected chi connectivity index (χ4v) is 3.39. The monoisotopic (exact) mass is 258 g/mol. The molecule has 2 rings (SSSR count). The van der Waals surface area contributed by atoms with E-state index in [0.717, 1.165) is 0 Å². The van der Waals surface area contributed by atoms with Gasteiger partial charge in [-0.1, -0.05) is 6.07 Å². The number of sulfonamides is 1. The fraction of sp³-hybridized carbons (Fsp3) is 0.455. The largest absolute Gasteiger partial charge is 0.384 e. The first kappa shape index (κ1) is 12.3. The number of nitrogens with zero attached hydrogens (tertiary/aromatic N) is 1. The molecule has 0 bridgehead atoms. The van der Waals surface area contributed by atoms with Crippen molar-refractivity contribution >= 4 is 15.7 Å². The third kappa shape index (κ3) is 3.17. The first-order valence-electron chi connectivity index (χ1n) is 5.55. The van der Waals surface area contributed by atoms with Gasteiger partial charge in [0.15, 0.2) is 0 Å². The van der Waals surface area contributed by atoms with Crippen molar-refractivity contribution in [1.29, 1.82) is 0 Å². The van der Waals surface area contributed by atoms with E-state index >= 15 is 0 Å². The minimum atomic E-state index is -3.03. The fourth-order valence-electron chi connectivity index (χ4n) is 1.87. The molecule has 0 atom stereocenters. The van der Waals surface area contributed by atoms with Gasteiger partial charge in [-0.3, -0.25) is 0 Å². The molecule has 0 amide bonds. The quantitative estimate of drug-likeness (QED) is 0.885. The van der Waals surface area contributed by atoms with Gasteiger partial charge >= 0.3 is 0 Å². The molecule has 1 heterocycles. The highest BCUT2D eigenvalue weighted by atomic mass is 32.2. The van der Waals surface area contributed by atoms with Crippen molar-refractivity contribution in [2.75, 3.05) is 30.7 Å². The van der Waals surface area contributed by atoms with E-state index in [2.05, 4.69) is 5.32 Å². The summed E-state index contributed by atoms with van der Waals surface area (Å²) in [7, 11) is -3.03. The van der Waals surface area contributed by atoms with Gasteiger partial charge in [-0.25, -0.2) is 17.1 Å². The van der Waals surface area contributed by atoms with Crippen molar-refractivity contribution in [2.45, 2.75) is 6.42 Å². The highest BCUT2D eigenvalue weighted by Crippen LogP contribution is 2.13. The minimum Gasteiger partial charge on any atom is -0.384 e. The van der Waals surface area contributed by atoms with Crippen LogP contribution >= 0.6 is 0 Å². The molecule has 1 aromatic carbocycles. The van der Waals surface area contributed by atoms with E-state index in [1.54, 1.807) is 12.1 Å². The van der Waals surface area contributed by atoms with Crippen molar-refractivity contribution in [2.24, 2.45) is 0 Å². The Labute approximate surface area is 100 Å². The van der Waals surface area contributed by atoms with Crippen LogP contribution in [0.5, 0.6) is 0 Å². The summed E-state index contributed by atoms with van der Waals surface area (Å²) in [6, 6.07) is 6.13. The van der Waals surface area contributed by atoms with Gasteiger partial charge in [-0.15, -0.1) is 0 Å². The van der Waals surface area contributed by atoms with Crippen LogP contribution in [-0.4, -0.2) is 38.1 Å². The molecular weight excluding hydrogens is 243 g/mol. The highest BCUT2D eigenvalue weighted by Gasteiger charge is 2.27. The maximum absolute atomic E-state index is 12.9. The summed E-state index contributed by atoms with van der Waals surface area (Å²) in [6.07, 6.45) is 0.697. The molecule has 1 aliphatic rings. The predicted molar refractivity (Wildman–Crippen MR) is 64.9 cm³/mol. The third-order valence-corrected chi connectivity index (χ3v) is 4.67. The summed E-state index contributed by atoms with van der Waals surface area (Å²) in [5.41, 5.74) is 0.668. The zero-order valence-electron chi connectivity index (χ0n) is 9.39. The average molecular weight is 258 g/mol. The van der Waals surface area contributed by atoms with Crippen LogP contribution in [0.1, 0.15) is 6.42 Å². The second-order valence-electron chi connectivity index (χ2n) is 4.01. The molecule has 6 heteroatoms. The van der Waals surface area contributed by atoms with Gasteiger partial charge in [0.05, 0.1) is 5.75 Å². The van der Waals surface area contributed by atoms with Crippen molar-refractivity contribution in [3.63, 3.8) is 0 Å². The SMILES string of the molecule is O=S1(=O)CCCN1CCNc1cccc(F)c1. The van der Waals surface area contributed by atoms with E-state index in [0.29, 0.717) is 31.7 Å². The Bertz CT molecular complexity index is 490. The summed E-state index contributed by atoms with van der Waals surface area (Å²) in [6.45, 7) is 1.51. The molecule has 0 radical (unpaired) electrons. The average Bonchev–Trinajstić information content (AvgIpc) is 2.58. The lowest BCUT2D eigenvalue weighted by molar-refractivity contribution is 0.456. The number of benzene rings is 1. The number of hydrogen-bond donors (Lipinski definition) is 1. The van der Waals surface area contributed by atoms with Crippen LogP contribution in [0, 0.1) is 5.82 Å². The maximum atomic E-state index is 12.9. The number of nitrogens with one attached hydrogen (secondary N) is 1. The van der Waals surface area contributed by atoms with Gasteiger partial charge in [-0.2, -0.15) is 0 Å². The molecule has 0 spiro atoms. The Kier molecular flexibility index (Phi) is 3.63. The van der Waals surface area contributed by atoms with Crippen LogP contribution in [0.25, 0.3) is 0 Å². The lowest BCUT2D eigenvalue weighted by Crippen LogP contribution is -2.30. The Morgan fingerprint density at radius 1 is 1.41 bits per heavy atom. The molecule has 0 aliphatic carbocycles. The van der Waals surface area contributed by atoms with Gasteiger partial charge in [0.25, 0.3) is 0 Å². The van der Waals surface area contributed by atoms with Crippen molar-refractivity contribution in [3.05, 3.63) is 30.1 Å². The van der Waals surface area contributed by atoms with E-state index in [4.69, 9.17) is 0 Å². The summed E-state index contributed by atoms with van der Waals surface area (Å²) in [5, 5.41) is 3.00. The molecule has 94 valence electrons. The van der Waals surface area contributed by atoms with Crippen LogP contribution in [-0.2, 0) is 10.0 Å². The Morgan fingerprint density at radius 2 is 2.24 bits per heavy atom. The first-order valence-corrected chi connectivity index (χ1v) is 7.16. The Balaban J connectivity index is 1.84. The summed E-state index contributed by atoms with van der Waals surface area (Å²) in [5.74, 6) is -0.0590. The molecule has 0 unspecified atom stereocenters. The summed E-state index contributed by atoms with van der Waals surface area (Å²) >= 11 is 0. The van der Waals surface area contributed by atoms with Crippen molar-refractivity contribution < 1.29 is 12.8 Å². The van der Waals surface area contributed by atoms with Crippen molar-refractivity contribution in [3.8, 4) is 0 Å². The van der Waals surface area contributed by atoms with E-state index in [9.17, 15) is 12.8 Å². The number of rotatable bonds is 4. The van der Waals surface area contributed by atoms with E-state index in [-0.39, 0.29) is 11.6 Å². The summed E-state index contributed by atoms with van der Waals surface area (Å²) < 4.78 is 37.3. The zero-order chi connectivity index (χ0) is 12.3. The maximum Gasteiger partial charge on any atom is 0.214 e. The second-order valence-corrected chi connectivity index (χ2v) is 6.09. The second kappa shape index (κ2) is 5.01. The lowest BCUT2D eigenvalue weighted by Gasteiger charge is -2.14. The molecule has 0 aromatic heterocycles. The van der Waals surface area contributed by atoms with Gasteiger partial charge in [-0.05, 0) is 24.6 Å². The summed E-state index contributed by atoms with van der Waals surface area (Å²) in [4.78, 5) is 0. The number of anilines is 1. The van der Waals surface area contributed by atoms with E-state index < -0.39 is 10.0 Å². The standard InChI is InChI=1S/C11H15FN2O2S/c12-10-3-1-4-11(9-10)13-5-7-14-6-2-8-17(14,15)16/h1,3-4,9,13H,2,5-8H2. The molecular formula is C11H15FN2O2S. The predicted octanol–water partition coefficient (Wildman–Crippen LogP) is 1.27. The van der Waals surface area contributed by atoms with Crippen LogP contribution in [0.3, 0.4) is 0 Å². The molecule has 0 saturated carbocycles. The van der Waals surface area contributed by atoms with Crippen LogP contribution in [0.4, 0.5) is 10.1 Å². The van der Waals surface area contributed by atoms with Gasteiger partial charge in [0.1, 0.15) is 5.82 Å². The molecule has 1 aliphatic heterocycles. The number of hydrogen-bond acceptors (Lipinski definition) is 3.